The van der Waals surface area contributed by atoms with E-state index in [0.717, 1.165) is 19.1 Å². The molecule has 3 heterocycles. The van der Waals surface area contributed by atoms with Gasteiger partial charge in [0, 0.05) is 24.6 Å². The van der Waals surface area contributed by atoms with Crippen LogP contribution in [0.15, 0.2) is 18.2 Å². The number of hydrogen-bond acceptors (Lipinski definition) is 3. The number of ether oxygens (including phenoxy) is 1. The van der Waals surface area contributed by atoms with Crippen molar-refractivity contribution < 1.29 is 4.74 Å². The third-order valence-corrected chi connectivity index (χ3v) is 6.52. The Labute approximate surface area is 132 Å². The van der Waals surface area contributed by atoms with Gasteiger partial charge in [0.15, 0.2) is 0 Å². The maximum Gasteiger partial charge on any atom is 0.0783 e. The van der Waals surface area contributed by atoms with Crippen LogP contribution in [0, 0.1) is 5.92 Å². The zero-order chi connectivity index (χ0) is 14.1. The van der Waals surface area contributed by atoms with Gasteiger partial charge >= 0.3 is 0 Å². The molecule has 2 saturated heterocycles. The molecule has 0 bridgehead atoms. The maximum absolute atomic E-state index is 6.15. The van der Waals surface area contributed by atoms with E-state index in [1.165, 1.54) is 66.8 Å². The third-order valence-electron chi connectivity index (χ3n) is 5.29. The molecule has 0 aliphatic carbocycles. The molecule has 1 N–H and O–H groups in total. The van der Waals surface area contributed by atoms with Gasteiger partial charge in [0.2, 0.25) is 0 Å². The number of fused-ring (bicyclic) bond motifs is 1. The normalized spacial score (nSPS) is 31.9. The average molecular weight is 303 g/mol. The van der Waals surface area contributed by atoms with Crippen molar-refractivity contribution in [2.75, 3.05) is 30.0 Å². The summed E-state index contributed by atoms with van der Waals surface area (Å²) in [4.78, 5) is 0. The van der Waals surface area contributed by atoms with E-state index in [0.29, 0.717) is 0 Å². The van der Waals surface area contributed by atoms with Gasteiger partial charge in [-0.15, -0.1) is 0 Å². The molecule has 0 saturated carbocycles. The SMILES string of the molecule is c1cc2c(cc1CC1CCOC3(CCSC3)C1)CCCN2. The molecule has 21 heavy (non-hydrogen) atoms. The molecule has 0 aromatic heterocycles. The number of hydrogen-bond donors (Lipinski definition) is 1. The first kappa shape index (κ1) is 14.0. The lowest BCUT2D eigenvalue weighted by molar-refractivity contribution is -0.0791. The predicted octanol–water partition coefficient (Wildman–Crippen LogP) is 3.89. The smallest absolute Gasteiger partial charge is 0.0783 e. The Balaban J connectivity index is 1.45. The van der Waals surface area contributed by atoms with Crippen molar-refractivity contribution in [3.05, 3.63) is 29.3 Å². The van der Waals surface area contributed by atoms with Crippen molar-refractivity contribution >= 4 is 17.4 Å². The largest absolute Gasteiger partial charge is 0.385 e. The molecule has 114 valence electrons. The van der Waals surface area contributed by atoms with Crippen molar-refractivity contribution in [1.82, 2.24) is 0 Å². The first-order valence-corrected chi connectivity index (χ1v) is 9.56. The predicted molar refractivity (Wildman–Crippen MR) is 90.3 cm³/mol. The summed E-state index contributed by atoms with van der Waals surface area (Å²) < 4.78 is 6.15. The zero-order valence-electron chi connectivity index (χ0n) is 12.7. The quantitative estimate of drug-likeness (QED) is 0.895. The van der Waals surface area contributed by atoms with Gasteiger partial charge in [-0.05, 0) is 67.4 Å². The zero-order valence-corrected chi connectivity index (χ0v) is 13.5. The molecule has 1 aromatic carbocycles. The Morgan fingerprint density at radius 3 is 3.29 bits per heavy atom. The van der Waals surface area contributed by atoms with Crippen molar-refractivity contribution in [3.63, 3.8) is 0 Å². The first-order valence-electron chi connectivity index (χ1n) is 8.40. The van der Waals surface area contributed by atoms with Gasteiger partial charge in [-0.2, -0.15) is 11.8 Å². The molecule has 2 nitrogen and oxygen atoms in total. The van der Waals surface area contributed by atoms with Crippen molar-refractivity contribution in [1.29, 1.82) is 0 Å². The first-order chi connectivity index (χ1) is 10.3. The van der Waals surface area contributed by atoms with Crippen LogP contribution in [0.2, 0.25) is 0 Å². The average Bonchev–Trinajstić information content (AvgIpc) is 2.95. The highest BCUT2D eigenvalue weighted by molar-refractivity contribution is 7.99. The number of benzene rings is 1. The van der Waals surface area contributed by atoms with E-state index in [1.807, 2.05) is 0 Å². The molecule has 2 atom stereocenters. The van der Waals surface area contributed by atoms with E-state index in [9.17, 15) is 0 Å². The monoisotopic (exact) mass is 303 g/mol. The molecule has 3 aliphatic heterocycles. The molecule has 4 rings (SSSR count). The third kappa shape index (κ3) is 2.95. The van der Waals surface area contributed by atoms with E-state index in [4.69, 9.17) is 4.74 Å². The van der Waals surface area contributed by atoms with Crippen LogP contribution in [-0.4, -0.2) is 30.3 Å². The Kier molecular flexibility index (Phi) is 3.89. The highest BCUT2D eigenvalue weighted by Crippen LogP contribution is 2.41. The van der Waals surface area contributed by atoms with E-state index >= 15 is 0 Å². The molecule has 0 radical (unpaired) electrons. The second-order valence-electron chi connectivity index (χ2n) is 6.92. The van der Waals surface area contributed by atoms with Gasteiger partial charge < -0.3 is 10.1 Å². The second kappa shape index (κ2) is 5.85. The summed E-state index contributed by atoms with van der Waals surface area (Å²) in [5.74, 6) is 3.32. The fourth-order valence-electron chi connectivity index (χ4n) is 4.16. The molecule has 1 spiro atoms. The number of nitrogens with one attached hydrogen (secondary N) is 1. The van der Waals surface area contributed by atoms with Crippen molar-refractivity contribution in [2.45, 2.75) is 44.1 Å². The number of rotatable bonds is 2. The van der Waals surface area contributed by atoms with E-state index in [1.54, 1.807) is 0 Å². The van der Waals surface area contributed by atoms with Crippen LogP contribution in [0.25, 0.3) is 0 Å². The Morgan fingerprint density at radius 2 is 2.38 bits per heavy atom. The highest BCUT2D eigenvalue weighted by atomic mass is 32.2. The summed E-state index contributed by atoms with van der Waals surface area (Å²) in [6.07, 6.45) is 7.53. The van der Waals surface area contributed by atoms with Crippen LogP contribution >= 0.6 is 11.8 Å². The molecule has 2 fully saturated rings. The van der Waals surface area contributed by atoms with Crippen LogP contribution in [-0.2, 0) is 17.6 Å². The topological polar surface area (TPSA) is 21.3 Å². The Morgan fingerprint density at radius 1 is 1.38 bits per heavy atom. The van der Waals surface area contributed by atoms with Gasteiger partial charge in [-0.1, -0.05) is 12.1 Å². The lowest BCUT2D eigenvalue weighted by Crippen LogP contribution is -2.40. The molecular weight excluding hydrogens is 278 g/mol. The minimum Gasteiger partial charge on any atom is -0.385 e. The van der Waals surface area contributed by atoms with Crippen molar-refractivity contribution in [3.8, 4) is 0 Å². The summed E-state index contributed by atoms with van der Waals surface area (Å²) in [5.41, 5.74) is 4.64. The number of thioether (sulfide) groups is 1. The summed E-state index contributed by atoms with van der Waals surface area (Å²) in [7, 11) is 0. The van der Waals surface area contributed by atoms with E-state index in [2.05, 4.69) is 35.3 Å². The van der Waals surface area contributed by atoms with Gasteiger partial charge in [0.05, 0.1) is 5.60 Å². The van der Waals surface area contributed by atoms with Crippen LogP contribution < -0.4 is 5.32 Å². The van der Waals surface area contributed by atoms with Crippen molar-refractivity contribution in [2.24, 2.45) is 5.92 Å². The lowest BCUT2D eigenvalue weighted by Gasteiger charge is -2.38. The standard InChI is InChI=1S/C18H25NOS/c1-2-16-11-14(3-4-17(16)19-7-1)10-15-5-8-20-18(12-15)6-9-21-13-18/h3-4,11,15,19H,1-2,5-10,12-13H2. The fraction of sp³-hybridized carbons (Fsp3) is 0.667. The lowest BCUT2D eigenvalue weighted by atomic mass is 9.81. The Bertz CT molecular complexity index is 510. The van der Waals surface area contributed by atoms with Gasteiger partial charge in [-0.25, -0.2) is 0 Å². The van der Waals surface area contributed by atoms with E-state index < -0.39 is 0 Å². The van der Waals surface area contributed by atoms with Crippen LogP contribution in [0.3, 0.4) is 0 Å². The van der Waals surface area contributed by atoms with Gasteiger partial charge in [-0.3, -0.25) is 0 Å². The van der Waals surface area contributed by atoms with Gasteiger partial charge in [0.25, 0.3) is 0 Å². The van der Waals surface area contributed by atoms with E-state index in [-0.39, 0.29) is 5.60 Å². The van der Waals surface area contributed by atoms with Crippen LogP contribution in [0.5, 0.6) is 0 Å². The highest BCUT2D eigenvalue weighted by Gasteiger charge is 2.40. The summed E-state index contributed by atoms with van der Waals surface area (Å²) >= 11 is 2.07. The van der Waals surface area contributed by atoms with Crippen LogP contribution in [0.4, 0.5) is 5.69 Å². The minimum atomic E-state index is 0.226. The van der Waals surface area contributed by atoms with Gasteiger partial charge in [0.1, 0.15) is 0 Å². The fourth-order valence-corrected chi connectivity index (χ4v) is 5.53. The Hall–Kier alpha value is -0.670. The van der Waals surface area contributed by atoms with Crippen LogP contribution in [0.1, 0.15) is 36.8 Å². The maximum atomic E-state index is 6.15. The molecular formula is C18H25NOS. The minimum absolute atomic E-state index is 0.226. The second-order valence-corrected chi connectivity index (χ2v) is 8.02. The molecule has 3 aliphatic rings. The summed E-state index contributed by atoms with van der Waals surface area (Å²) in [6, 6.07) is 7.08. The molecule has 1 aromatic rings. The number of anilines is 1. The molecule has 0 amide bonds. The number of aryl methyl sites for hydroxylation is 1. The molecule has 2 unspecified atom stereocenters. The summed E-state index contributed by atoms with van der Waals surface area (Å²) in [5, 5.41) is 3.51. The summed E-state index contributed by atoms with van der Waals surface area (Å²) in [6.45, 7) is 2.10. The molecule has 3 heteroatoms.